The largest absolute Gasteiger partial charge is 0.348 e. The highest BCUT2D eigenvalue weighted by molar-refractivity contribution is 6.22. The number of carbonyl (C=O) groups is 3. The van der Waals surface area contributed by atoms with Crippen molar-refractivity contribution >= 4 is 17.7 Å². The van der Waals surface area contributed by atoms with Gasteiger partial charge in [-0.2, -0.15) is 0 Å². The Balaban J connectivity index is 1.64. The Labute approximate surface area is 158 Å². The molecule has 0 saturated carbocycles. The van der Waals surface area contributed by atoms with Gasteiger partial charge in [-0.15, -0.1) is 0 Å². The van der Waals surface area contributed by atoms with Gasteiger partial charge in [0, 0.05) is 25.0 Å². The minimum absolute atomic E-state index is 0.148. The molecule has 0 spiro atoms. The Kier molecular flexibility index (Phi) is 4.34. The smallest absolute Gasteiger partial charge is 0.262 e. The van der Waals surface area contributed by atoms with Gasteiger partial charge in [0.05, 0.1) is 17.7 Å². The summed E-state index contributed by atoms with van der Waals surface area (Å²) < 4.78 is 2.13. The Morgan fingerprint density at radius 3 is 2.30 bits per heavy atom. The molecule has 1 unspecified atom stereocenters. The Morgan fingerprint density at radius 2 is 1.67 bits per heavy atom. The molecule has 2 aliphatic rings. The molecule has 27 heavy (non-hydrogen) atoms. The zero-order valence-corrected chi connectivity index (χ0v) is 15.6. The maximum atomic E-state index is 13.4. The molecule has 1 aromatic heterocycles. The molecule has 0 bridgehead atoms. The second kappa shape index (κ2) is 6.68. The minimum Gasteiger partial charge on any atom is -0.348 e. The molecule has 6 nitrogen and oxygen atoms in total. The molecule has 0 aliphatic carbocycles. The van der Waals surface area contributed by atoms with E-state index < -0.39 is 6.04 Å². The summed E-state index contributed by atoms with van der Waals surface area (Å²) in [6.45, 7) is 5.81. The second-order valence-electron chi connectivity index (χ2n) is 7.62. The molecule has 1 atom stereocenters. The maximum absolute atomic E-state index is 13.4. The summed E-state index contributed by atoms with van der Waals surface area (Å²) >= 11 is 0. The zero-order valence-electron chi connectivity index (χ0n) is 15.6. The summed E-state index contributed by atoms with van der Waals surface area (Å²) in [6.07, 6.45) is 2.47. The quantitative estimate of drug-likeness (QED) is 0.782. The van der Waals surface area contributed by atoms with Crippen LogP contribution in [0.25, 0.3) is 0 Å². The Hall–Kier alpha value is -2.89. The van der Waals surface area contributed by atoms with E-state index in [4.69, 9.17) is 0 Å². The highest BCUT2D eigenvalue weighted by Gasteiger charge is 2.44. The number of carbonyl (C=O) groups excluding carboxylic acids is 3. The minimum atomic E-state index is -0.765. The summed E-state index contributed by atoms with van der Waals surface area (Å²) in [5, 5.41) is 0. The Morgan fingerprint density at radius 1 is 1.00 bits per heavy atom. The zero-order chi connectivity index (χ0) is 19.1. The van der Waals surface area contributed by atoms with Crippen LogP contribution in [0.1, 0.15) is 46.7 Å². The summed E-state index contributed by atoms with van der Waals surface area (Å²) in [5.74, 6) is -0.701. The molecule has 0 radical (unpaired) electrons. The highest BCUT2D eigenvalue weighted by atomic mass is 16.2. The van der Waals surface area contributed by atoms with E-state index in [1.54, 1.807) is 29.2 Å². The van der Waals surface area contributed by atoms with Crippen LogP contribution in [0.3, 0.4) is 0 Å². The van der Waals surface area contributed by atoms with Gasteiger partial charge in [0.1, 0.15) is 6.04 Å². The van der Waals surface area contributed by atoms with Gasteiger partial charge in [-0.1, -0.05) is 26.0 Å². The van der Waals surface area contributed by atoms with Gasteiger partial charge < -0.3 is 9.47 Å². The van der Waals surface area contributed by atoms with Gasteiger partial charge in [0.15, 0.2) is 0 Å². The average molecular weight is 365 g/mol. The number of amides is 3. The third-order valence-electron chi connectivity index (χ3n) is 5.32. The van der Waals surface area contributed by atoms with Gasteiger partial charge in [0.25, 0.3) is 11.8 Å². The van der Waals surface area contributed by atoms with E-state index in [1.165, 1.54) is 4.90 Å². The monoisotopic (exact) mass is 365 g/mol. The number of rotatable bonds is 4. The first-order valence-corrected chi connectivity index (χ1v) is 9.37. The Bertz CT molecular complexity index is 880. The van der Waals surface area contributed by atoms with Crippen LogP contribution in [0, 0.1) is 5.92 Å². The van der Waals surface area contributed by atoms with Crippen LogP contribution in [0.2, 0.25) is 0 Å². The molecular weight excluding hydrogens is 342 g/mol. The topological polar surface area (TPSA) is 62.6 Å². The fourth-order valence-corrected chi connectivity index (χ4v) is 3.97. The van der Waals surface area contributed by atoms with Crippen molar-refractivity contribution < 1.29 is 14.4 Å². The number of fused-ring (bicyclic) bond motifs is 2. The van der Waals surface area contributed by atoms with Crippen LogP contribution < -0.4 is 0 Å². The van der Waals surface area contributed by atoms with Crippen molar-refractivity contribution in [3.63, 3.8) is 0 Å². The molecule has 0 N–H and O–H groups in total. The van der Waals surface area contributed by atoms with Gasteiger partial charge in [-0.3, -0.25) is 19.3 Å². The number of hydrogen-bond acceptors (Lipinski definition) is 3. The molecule has 0 saturated heterocycles. The van der Waals surface area contributed by atoms with E-state index >= 15 is 0 Å². The van der Waals surface area contributed by atoms with Crippen molar-refractivity contribution in [1.82, 2.24) is 14.4 Å². The first-order valence-electron chi connectivity index (χ1n) is 9.37. The van der Waals surface area contributed by atoms with Crippen molar-refractivity contribution in [2.75, 3.05) is 6.54 Å². The second-order valence-corrected chi connectivity index (χ2v) is 7.62. The number of nitrogens with zero attached hydrogens (tertiary/aromatic N) is 3. The first kappa shape index (κ1) is 17.5. The SMILES string of the molecule is CC(C)CC(C(=O)N1CCn2cccc2C1)N1C(=O)c2ccccc2C1=O. The summed E-state index contributed by atoms with van der Waals surface area (Å²) in [5.41, 5.74) is 1.84. The van der Waals surface area contributed by atoms with Crippen LogP contribution >= 0.6 is 0 Å². The number of benzene rings is 1. The molecule has 140 valence electrons. The van der Waals surface area contributed by atoms with Gasteiger partial charge in [0.2, 0.25) is 5.91 Å². The van der Waals surface area contributed by atoms with Crippen molar-refractivity contribution in [2.45, 2.75) is 39.4 Å². The van der Waals surface area contributed by atoms with Gasteiger partial charge in [-0.25, -0.2) is 0 Å². The molecule has 2 aliphatic heterocycles. The lowest BCUT2D eigenvalue weighted by atomic mass is 10.0. The molecule has 3 heterocycles. The summed E-state index contributed by atoms with van der Waals surface area (Å²) in [7, 11) is 0. The van der Waals surface area contributed by atoms with Crippen molar-refractivity contribution in [3.05, 3.63) is 59.4 Å². The molecule has 3 amide bonds. The fourth-order valence-electron chi connectivity index (χ4n) is 3.97. The standard InChI is InChI=1S/C21H23N3O3/c1-14(2)12-18(21(27)23-11-10-22-9-5-6-15(22)13-23)24-19(25)16-7-3-4-8-17(16)20(24)26/h3-9,14,18H,10-13H2,1-2H3. The van der Waals surface area contributed by atoms with Crippen LogP contribution in [0.4, 0.5) is 0 Å². The molecule has 1 aromatic carbocycles. The van der Waals surface area contributed by atoms with Crippen molar-refractivity contribution in [2.24, 2.45) is 5.92 Å². The van der Waals surface area contributed by atoms with E-state index in [9.17, 15) is 14.4 Å². The maximum Gasteiger partial charge on any atom is 0.262 e. The average Bonchev–Trinajstić information content (AvgIpc) is 3.22. The fraction of sp³-hybridized carbons (Fsp3) is 0.381. The van der Waals surface area contributed by atoms with Crippen LogP contribution in [-0.2, 0) is 17.9 Å². The van der Waals surface area contributed by atoms with E-state index in [0.29, 0.717) is 30.6 Å². The van der Waals surface area contributed by atoms with Crippen LogP contribution in [0.15, 0.2) is 42.6 Å². The molecule has 2 aromatic rings. The third-order valence-corrected chi connectivity index (χ3v) is 5.32. The lowest BCUT2D eigenvalue weighted by Gasteiger charge is -2.35. The predicted molar refractivity (Wildman–Crippen MR) is 100 cm³/mol. The van der Waals surface area contributed by atoms with E-state index in [1.807, 2.05) is 32.2 Å². The lowest BCUT2D eigenvalue weighted by molar-refractivity contribution is -0.137. The van der Waals surface area contributed by atoms with E-state index in [2.05, 4.69) is 4.57 Å². The van der Waals surface area contributed by atoms with Crippen molar-refractivity contribution in [3.8, 4) is 0 Å². The highest BCUT2D eigenvalue weighted by Crippen LogP contribution is 2.28. The van der Waals surface area contributed by atoms with Gasteiger partial charge in [-0.05, 0) is 36.6 Å². The number of hydrogen-bond donors (Lipinski definition) is 0. The molecule has 0 fully saturated rings. The van der Waals surface area contributed by atoms with E-state index in [0.717, 1.165) is 12.2 Å². The first-order chi connectivity index (χ1) is 13.0. The lowest BCUT2D eigenvalue weighted by Crippen LogP contribution is -2.52. The van der Waals surface area contributed by atoms with Crippen molar-refractivity contribution in [1.29, 1.82) is 0 Å². The third kappa shape index (κ3) is 2.95. The summed E-state index contributed by atoms with van der Waals surface area (Å²) in [4.78, 5) is 42.1. The predicted octanol–water partition coefficient (Wildman–Crippen LogP) is 2.54. The van der Waals surface area contributed by atoms with Crippen LogP contribution in [0.5, 0.6) is 0 Å². The summed E-state index contributed by atoms with van der Waals surface area (Å²) in [6, 6.07) is 9.99. The molecule has 4 rings (SSSR count). The number of aromatic nitrogens is 1. The molecular formula is C21H23N3O3. The normalized spacial score (nSPS) is 17.3. The van der Waals surface area contributed by atoms with E-state index in [-0.39, 0.29) is 23.6 Å². The number of imide groups is 1. The molecule has 6 heteroatoms. The van der Waals surface area contributed by atoms with Crippen LogP contribution in [-0.4, -0.2) is 44.7 Å². The van der Waals surface area contributed by atoms with Gasteiger partial charge >= 0.3 is 0 Å².